The molecule has 9 nitrogen and oxygen atoms in total. The third-order valence-electron chi connectivity index (χ3n) is 4.21. The van der Waals surface area contributed by atoms with E-state index in [4.69, 9.17) is 15.2 Å². The van der Waals surface area contributed by atoms with Crippen molar-refractivity contribution >= 4 is 35.4 Å². The molecule has 3 heterocycles. The largest absolute Gasteiger partial charge is 0.455 e. The van der Waals surface area contributed by atoms with Crippen molar-refractivity contribution in [3.63, 3.8) is 0 Å². The Morgan fingerprint density at radius 3 is 2.81 bits per heavy atom. The van der Waals surface area contributed by atoms with Crippen LogP contribution in [0, 0.1) is 0 Å². The summed E-state index contributed by atoms with van der Waals surface area (Å²) in [4.78, 5) is 27.1. The molecule has 1 saturated heterocycles. The topological polar surface area (TPSA) is 123 Å². The minimum absolute atomic E-state index is 0.105. The fraction of sp³-hybridized carbons (Fsp3) is 0.625. The lowest BCUT2D eigenvalue weighted by atomic mass is 9.98. The first-order chi connectivity index (χ1) is 12.6. The highest BCUT2D eigenvalue weighted by molar-refractivity contribution is 8.01. The summed E-state index contributed by atoms with van der Waals surface area (Å²) in [5.41, 5.74) is 5.03. The first-order valence-corrected chi connectivity index (χ1v) is 10.3. The first-order valence-electron chi connectivity index (χ1n) is 8.37. The van der Waals surface area contributed by atoms with Crippen LogP contribution in [0.2, 0.25) is 0 Å². The van der Waals surface area contributed by atoms with Crippen molar-refractivity contribution in [3.8, 4) is 0 Å². The molecule has 2 aliphatic heterocycles. The summed E-state index contributed by atoms with van der Waals surface area (Å²) >= 11 is 2.94. The molecule has 148 valence electrons. The number of methoxy groups -OCH3 is 1. The molecule has 0 aliphatic carbocycles. The third kappa shape index (κ3) is 3.60. The van der Waals surface area contributed by atoms with E-state index in [1.165, 1.54) is 35.5 Å². The molecular formula is C16H23N5O4S2. The molecule has 3 atom stereocenters. The molecule has 3 N–H and O–H groups in total. The lowest BCUT2D eigenvalue weighted by Crippen LogP contribution is -2.79. The van der Waals surface area contributed by atoms with Gasteiger partial charge in [-0.1, -0.05) is 17.0 Å². The standard InChI is InChI=1S/C16H23N5O4S2/c1-8(27-10-6-18-20-19-10)9-7-26-14-16(17,24-5)13(23)21(14)11(9)12(22)25-15(2,3)4/h6,8,14H,7,17H2,1-5H3,(H,18,19,20)/t8?,14-,16-/m0/s1. The Morgan fingerprint density at radius 2 is 2.26 bits per heavy atom. The molecule has 1 fully saturated rings. The predicted molar refractivity (Wildman–Crippen MR) is 102 cm³/mol. The molecule has 27 heavy (non-hydrogen) atoms. The maximum absolute atomic E-state index is 13.0. The Balaban J connectivity index is 1.97. The van der Waals surface area contributed by atoms with Crippen LogP contribution in [0.25, 0.3) is 0 Å². The maximum atomic E-state index is 13.0. The number of H-pyrrole nitrogens is 1. The van der Waals surface area contributed by atoms with E-state index in [0.29, 0.717) is 5.75 Å². The normalized spacial score (nSPS) is 26.5. The first kappa shape index (κ1) is 20.2. The molecule has 0 bridgehead atoms. The minimum Gasteiger partial charge on any atom is -0.455 e. The summed E-state index contributed by atoms with van der Waals surface area (Å²) in [6, 6.07) is 0. The molecule has 1 aromatic heterocycles. The van der Waals surface area contributed by atoms with Crippen molar-refractivity contribution in [1.82, 2.24) is 20.3 Å². The Bertz CT molecular complexity index is 776. The molecular weight excluding hydrogens is 390 g/mol. The Kier molecular flexibility index (Phi) is 5.32. The van der Waals surface area contributed by atoms with E-state index in [2.05, 4.69) is 15.4 Å². The van der Waals surface area contributed by atoms with E-state index >= 15 is 0 Å². The zero-order chi connectivity index (χ0) is 20.0. The number of nitrogens with one attached hydrogen (secondary N) is 1. The summed E-state index contributed by atoms with van der Waals surface area (Å²) in [7, 11) is 1.39. The number of carbonyl (C=O) groups is 2. The highest BCUT2D eigenvalue weighted by atomic mass is 32.2. The van der Waals surface area contributed by atoms with Crippen LogP contribution in [0.15, 0.2) is 22.5 Å². The molecule has 0 spiro atoms. The number of β-lactam (4-membered cyclic amide) rings is 1. The number of nitrogens with zero attached hydrogens (tertiary/aromatic N) is 3. The highest BCUT2D eigenvalue weighted by Gasteiger charge is 2.64. The van der Waals surface area contributed by atoms with Crippen molar-refractivity contribution < 1.29 is 19.1 Å². The fourth-order valence-electron chi connectivity index (χ4n) is 2.90. The SMILES string of the molecule is CO[C@@]1(N)C(=O)N2C(C(=O)OC(C)(C)C)=C(C(C)Sc3cnn[nH]3)CS[C@H]21. The van der Waals surface area contributed by atoms with E-state index in [1.54, 1.807) is 27.0 Å². The van der Waals surface area contributed by atoms with Crippen LogP contribution in [-0.4, -0.2) is 67.0 Å². The number of hydrogen-bond acceptors (Lipinski definition) is 9. The second kappa shape index (κ2) is 7.12. The summed E-state index contributed by atoms with van der Waals surface area (Å²) < 4.78 is 10.8. The number of nitrogens with two attached hydrogens (primary N) is 1. The Morgan fingerprint density at radius 1 is 1.56 bits per heavy atom. The molecule has 2 aliphatic rings. The van der Waals surface area contributed by atoms with Crippen molar-refractivity contribution in [3.05, 3.63) is 17.5 Å². The number of ether oxygens (including phenoxy) is 2. The quantitative estimate of drug-likeness (QED) is 0.316. The number of thioether (sulfide) groups is 2. The van der Waals surface area contributed by atoms with Crippen LogP contribution in [-0.2, 0) is 19.1 Å². The Labute approximate surface area is 165 Å². The number of hydrogen-bond donors (Lipinski definition) is 2. The minimum atomic E-state index is -1.42. The van der Waals surface area contributed by atoms with Crippen molar-refractivity contribution in [2.45, 2.75) is 54.7 Å². The maximum Gasteiger partial charge on any atom is 0.355 e. The van der Waals surface area contributed by atoms with Gasteiger partial charge in [0.2, 0.25) is 5.72 Å². The summed E-state index contributed by atoms with van der Waals surface area (Å²) in [6.45, 7) is 7.32. The van der Waals surface area contributed by atoms with Crippen LogP contribution in [0.4, 0.5) is 0 Å². The van der Waals surface area contributed by atoms with Crippen molar-refractivity contribution in [2.24, 2.45) is 5.73 Å². The van der Waals surface area contributed by atoms with Crippen molar-refractivity contribution in [2.75, 3.05) is 12.9 Å². The van der Waals surface area contributed by atoms with Gasteiger partial charge in [0.15, 0.2) is 0 Å². The molecule has 3 rings (SSSR count). The molecule has 1 amide bonds. The smallest absolute Gasteiger partial charge is 0.355 e. The number of amides is 1. The van der Waals surface area contributed by atoms with Crippen LogP contribution in [0.5, 0.6) is 0 Å². The highest BCUT2D eigenvalue weighted by Crippen LogP contribution is 2.47. The van der Waals surface area contributed by atoms with Crippen LogP contribution < -0.4 is 5.73 Å². The lowest BCUT2D eigenvalue weighted by Gasteiger charge is -2.54. The number of fused-ring (bicyclic) bond motifs is 1. The summed E-state index contributed by atoms with van der Waals surface area (Å²) in [5.74, 6) is -0.452. The van der Waals surface area contributed by atoms with E-state index in [1.807, 2.05) is 6.92 Å². The molecule has 1 aromatic rings. The van der Waals surface area contributed by atoms with Gasteiger partial charge >= 0.3 is 5.97 Å². The average molecular weight is 414 g/mol. The zero-order valence-corrected chi connectivity index (χ0v) is 17.4. The van der Waals surface area contributed by atoms with Gasteiger partial charge in [0.25, 0.3) is 5.91 Å². The molecule has 1 unspecified atom stereocenters. The van der Waals surface area contributed by atoms with Gasteiger partial charge in [0, 0.05) is 18.1 Å². The number of esters is 1. The van der Waals surface area contributed by atoms with Crippen LogP contribution in [0.1, 0.15) is 27.7 Å². The van der Waals surface area contributed by atoms with Crippen molar-refractivity contribution in [1.29, 1.82) is 0 Å². The molecule has 0 aromatic carbocycles. The van der Waals surface area contributed by atoms with Gasteiger partial charge in [-0.3, -0.25) is 20.5 Å². The van der Waals surface area contributed by atoms with Gasteiger partial charge in [-0.15, -0.1) is 16.9 Å². The van der Waals surface area contributed by atoms with Gasteiger partial charge in [-0.25, -0.2) is 4.79 Å². The number of aromatic amines is 1. The van der Waals surface area contributed by atoms with E-state index < -0.39 is 28.6 Å². The van der Waals surface area contributed by atoms with E-state index in [9.17, 15) is 9.59 Å². The summed E-state index contributed by atoms with van der Waals surface area (Å²) in [6.07, 6.45) is 1.61. The van der Waals surface area contributed by atoms with E-state index in [-0.39, 0.29) is 10.9 Å². The fourth-order valence-corrected chi connectivity index (χ4v) is 5.44. The zero-order valence-electron chi connectivity index (χ0n) is 15.8. The van der Waals surface area contributed by atoms with Crippen LogP contribution >= 0.6 is 23.5 Å². The lowest BCUT2D eigenvalue weighted by molar-refractivity contribution is -0.184. The number of carbonyl (C=O) groups excluding carboxylic acids is 2. The Hall–Kier alpha value is -1.56. The summed E-state index contributed by atoms with van der Waals surface area (Å²) in [5, 5.41) is 10.5. The second-order valence-corrected chi connectivity index (χ2v) is 9.74. The van der Waals surface area contributed by atoms with Gasteiger partial charge in [0.05, 0.1) is 6.20 Å². The molecule has 0 saturated carbocycles. The van der Waals surface area contributed by atoms with Crippen LogP contribution in [0.3, 0.4) is 0 Å². The average Bonchev–Trinajstić information content (AvgIpc) is 3.10. The predicted octanol–water partition coefficient (Wildman–Crippen LogP) is 1.10. The number of aromatic nitrogens is 3. The van der Waals surface area contributed by atoms with Gasteiger partial charge < -0.3 is 9.47 Å². The van der Waals surface area contributed by atoms with Gasteiger partial charge in [-0.2, -0.15) is 0 Å². The number of rotatable bonds is 5. The monoisotopic (exact) mass is 413 g/mol. The molecule has 11 heteroatoms. The third-order valence-corrected chi connectivity index (χ3v) is 6.66. The van der Waals surface area contributed by atoms with E-state index in [0.717, 1.165) is 10.6 Å². The molecule has 0 radical (unpaired) electrons. The van der Waals surface area contributed by atoms with Gasteiger partial charge in [-0.05, 0) is 33.3 Å². The second-order valence-electron chi connectivity index (χ2n) is 7.29. The van der Waals surface area contributed by atoms with Gasteiger partial charge in [0.1, 0.15) is 21.7 Å².